The molecule has 0 aliphatic carbocycles. The number of aromatic nitrogens is 1. The van der Waals surface area contributed by atoms with Gasteiger partial charge in [-0.3, -0.25) is 10.1 Å². The van der Waals surface area contributed by atoms with Gasteiger partial charge in [-0.1, -0.05) is 0 Å². The molecule has 1 heterocycles. The fraction of sp³-hybridized carbons (Fsp3) is 0.0909. The van der Waals surface area contributed by atoms with Crippen molar-refractivity contribution in [3.05, 3.63) is 40.7 Å². The Labute approximate surface area is 101 Å². The van der Waals surface area contributed by atoms with Gasteiger partial charge in [0.1, 0.15) is 5.82 Å². The molecule has 1 amide bonds. The Morgan fingerprint density at radius 1 is 1.47 bits per heavy atom. The van der Waals surface area contributed by atoms with E-state index < -0.39 is 11.7 Å². The number of amides is 1. The standard InChI is InChI=1S/C11H10FN3OS/c1-6-5-17-11(14-6)15-10(16)7-2-8(12)4-9(13)3-7/h2-5H,13H2,1H3,(H,14,15,16). The zero-order valence-corrected chi connectivity index (χ0v) is 9.84. The van der Waals surface area contributed by atoms with Crippen molar-refractivity contribution in [3.8, 4) is 0 Å². The number of benzene rings is 1. The molecule has 3 N–H and O–H groups in total. The molecule has 0 atom stereocenters. The lowest BCUT2D eigenvalue weighted by Crippen LogP contribution is -2.12. The molecule has 0 saturated carbocycles. The number of nitrogens with two attached hydrogens (primary N) is 1. The lowest BCUT2D eigenvalue weighted by atomic mass is 10.2. The van der Waals surface area contributed by atoms with Crippen molar-refractivity contribution in [1.82, 2.24) is 4.98 Å². The number of hydrogen-bond acceptors (Lipinski definition) is 4. The zero-order valence-electron chi connectivity index (χ0n) is 9.03. The number of nitrogens with zero attached hydrogens (tertiary/aromatic N) is 1. The molecule has 2 aromatic rings. The molecule has 0 aliphatic rings. The van der Waals surface area contributed by atoms with Crippen molar-refractivity contribution < 1.29 is 9.18 Å². The smallest absolute Gasteiger partial charge is 0.257 e. The first-order chi connectivity index (χ1) is 8.04. The van der Waals surface area contributed by atoms with Crippen LogP contribution in [0.4, 0.5) is 15.2 Å². The molecule has 0 bridgehead atoms. The van der Waals surface area contributed by atoms with Gasteiger partial charge in [-0.15, -0.1) is 11.3 Å². The van der Waals surface area contributed by atoms with E-state index in [1.54, 1.807) is 0 Å². The third-order valence-corrected chi connectivity index (χ3v) is 2.90. The number of nitrogens with one attached hydrogen (secondary N) is 1. The second-order valence-corrected chi connectivity index (χ2v) is 4.38. The van der Waals surface area contributed by atoms with Crippen LogP contribution in [0, 0.1) is 12.7 Å². The SMILES string of the molecule is Cc1csc(NC(=O)c2cc(N)cc(F)c2)n1. The Morgan fingerprint density at radius 2 is 2.24 bits per heavy atom. The third-order valence-electron chi connectivity index (χ3n) is 2.02. The summed E-state index contributed by atoms with van der Waals surface area (Å²) in [5.74, 6) is -0.962. The molecule has 0 spiro atoms. The molecular weight excluding hydrogens is 241 g/mol. The molecular formula is C11H10FN3OS. The van der Waals surface area contributed by atoms with Gasteiger partial charge < -0.3 is 5.73 Å². The van der Waals surface area contributed by atoms with E-state index in [2.05, 4.69) is 10.3 Å². The first-order valence-corrected chi connectivity index (χ1v) is 5.72. The Bertz CT molecular complexity index is 547. The predicted molar refractivity (Wildman–Crippen MR) is 65.6 cm³/mol. The van der Waals surface area contributed by atoms with Crippen LogP contribution in [0.3, 0.4) is 0 Å². The molecule has 4 nitrogen and oxygen atoms in total. The second-order valence-electron chi connectivity index (χ2n) is 3.52. The summed E-state index contributed by atoms with van der Waals surface area (Å²) in [6, 6.07) is 3.70. The summed E-state index contributed by atoms with van der Waals surface area (Å²) in [7, 11) is 0. The van der Waals surface area contributed by atoms with E-state index in [0.29, 0.717) is 5.13 Å². The highest BCUT2D eigenvalue weighted by atomic mass is 32.1. The van der Waals surface area contributed by atoms with Crippen molar-refractivity contribution in [2.24, 2.45) is 0 Å². The zero-order chi connectivity index (χ0) is 12.4. The molecule has 2 rings (SSSR count). The van der Waals surface area contributed by atoms with Crippen LogP contribution in [0.1, 0.15) is 16.1 Å². The third kappa shape index (κ3) is 2.79. The number of nitrogen functional groups attached to an aromatic ring is 1. The number of thiazole rings is 1. The van der Waals surface area contributed by atoms with E-state index in [4.69, 9.17) is 5.73 Å². The summed E-state index contributed by atoms with van der Waals surface area (Å²) in [5, 5.41) is 4.88. The molecule has 1 aromatic heterocycles. The molecule has 0 unspecified atom stereocenters. The first kappa shape index (κ1) is 11.5. The van der Waals surface area contributed by atoms with Crippen LogP contribution in [-0.4, -0.2) is 10.9 Å². The first-order valence-electron chi connectivity index (χ1n) is 4.84. The monoisotopic (exact) mass is 251 g/mol. The van der Waals surface area contributed by atoms with Crippen LogP contribution in [-0.2, 0) is 0 Å². The average molecular weight is 251 g/mol. The van der Waals surface area contributed by atoms with Gasteiger partial charge in [0.05, 0.1) is 5.69 Å². The van der Waals surface area contributed by atoms with Gasteiger partial charge in [0.15, 0.2) is 5.13 Å². The summed E-state index contributed by atoms with van der Waals surface area (Å²) in [5.41, 5.74) is 6.67. The van der Waals surface area contributed by atoms with E-state index in [9.17, 15) is 9.18 Å². The fourth-order valence-electron chi connectivity index (χ4n) is 1.32. The van der Waals surface area contributed by atoms with Gasteiger partial charge in [-0.05, 0) is 25.1 Å². The molecule has 0 aliphatic heterocycles. The lowest BCUT2D eigenvalue weighted by Gasteiger charge is -2.03. The number of aryl methyl sites for hydroxylation is 1. The Morgan fingerprint density at radius 3 is 2.82 bits per heavy atom. The van der Waals surface area contributed by atoms with E-state index >= 15 is 0 Å². The molecule has 17 heavy (non-hydrogen) atoms. The predicted octanol–water partition coefficient (Wildman–Crippen LogP) is 2.43. The highest BCUT2D eigenvalue weighted by Gasteiger charge is 2.10. The molecule has 0 saturated heterocycles. The van der Waals surface area contributed by atoms with E-state index in [0.717, 1.165) is 17.8 Å². The summed E-state index contributed by atoms with van der Waals surface area (Å²) >= 11 is 1.31. The van der Waals surface area contributed by atoms with Crippen LogP contribution in [0.25, 0.3) is 0 Å². The molecule has 6 heteroatoms. The summed E-state index contributed by atoms with van der Waals surface area (Å²) in [6.45, 7) is 1.83. The average Bonchev–Trinajstić information content (AvgIpc) is 2.62. The number of anilines is 2. The van der Waals surface area contributed by atoms with Gasteiger partial charge >= 0.3 is 0 Å². The summed E-state index contributed by atoms with van der Waals surface area (Å²) in [6.07, 6.45) is 0. The number of rotatable bonds is 2. The molecule has 0 radical (unpaired) electrons. The van der Waals surface area contributed by atoms with Gasteiger partial charge in [0, 0.05) is 16.6 Å². The van der Waals surface area contributed by atoms with E-state index in [-0.39, 0.29) is 11.3 Å². The van der Waals surface area contributed by atoms with Crippen molar-refractivity contribution >= 4 is 28.1 Å². The van der Waals surface area contributed by atoms with Gasteiger partial charge in [-0.25, -0.2) is 9.37 Å². The van der Waals surface area contributed by atoms with Crippen LogP contribution in [0.15, 0.2) is 23.6 Å². The number of halogens is 1. The van der Waals surface area contributed by atoms with Crippen molar-refractivity contribution in [2.75, 3.05) is 11.1 Å². The van der Waals surface area contributed by atoms with Crippen molar-refractivity contribution in [2.45, 2.75) is 6.92 Å². The van der Waals surface area contributed by atoms with Crippen LogP contribution in [0.2, 0.25) is 0 Å². The molecule has 1 aromatic carbocycles. The van der Waals surface area contributed by atoms with Crippen LogP contribution >= 0.6 is 11.3 Å². The number of hydrogen-bond donors (Lipinski definition) is 2. The minimum Gasteiger partial charge on any atom is -0.399 e. The molecule has 0 fully saturated rings. The fourth-order valence-corrected chi connectivity index (χ4v) is 2.01. The van der Waals surface area contributed by atoms with Crippen molar-refractivity contribution in [3.63, 3.8) is 0 Å². The van der Waals surface area contributed by atoms with E-state index in [1.807, 2.05) is 12.3 Å². The Kier molecular flexibility index (Phi) is 3.06. The van der Waals surface area contributed by atoms with Crippen LogP contribution < -0.4 is 11.1 Å². The minimum atomic E-state index is -0.537. The highest BCUT2D eigenvalue weighted by Crippen LogP contribution is 2.17. The largest absolute Gasteiger partial charge is 0.399 e. The van der Waals surface area contributed by atoms with E-state index in [1.165, 1.54) is 17.4 Å². The minimum absolute atomic E-state index is 0.176. The van der Waals surface area contributed by atoms with Crippen molar-refractivity contribution in [1.29, 1.82) is 0 Å². The summed E-state index contributed by atoms with van der Waals surface area (Å²) in [4.78, 5) is 15.8. The maximum atomic E-state index is 13.1. The number of carbonyl (C=O) groups is 1. The maximum absolute atomic E-state index is 13.1. The lowest BCUT2D eigenvalue weighted by molar-refractivity contribution is 0.102. The van der Waals surface area contributed by atoms with Gasteiger partial charge in [0.2, 0.25) is 0 Å². The van der Waals surface area contributed by atoms with Gasteiger partial charge in [-0.2, -0.15) is 0 Å². The topological polar surface area (TPSA) is 68.0 Å². The normalized spacial score (nSPS) is 10.2. The second kappa shape index (κ2) is 4.50. The quantitative estimate of drug-likeness (QED) is 0.805. The van der Waals surface area contributed by atoms with Gasteiger partial charge in [0.25, 0.3) is 5.91 Å². The Hall–Kier alpha value is -1.95. The number of carbonyl (C=O) groups excluding carboxylic acids is 1. The summed E-state index contributed by atoms with van der Waals surface area (Å²) < 4.78 is 13.1. The van der Waals surface area contributed by atoms with Crippen LogP contribution in [0.5, 0.6) is 0 Å². The Balaban J connectivity index is 2.19. The maximum Gasteiger partial charge on any atom is 0.257 e. The molecule has 88 valence electrons. The highest BCUT2D eigenvalue weighted by molar-refractivity contribution is 7.13.